The standard InChI is InChI=1S/C11H20N4O2S2/c1-5-11(6-2,10(12)18)14-19(16,17)9-7-15(4)8(3)13-9/h7,14H,5-6H2,1-4H3,(H2,12,18). The van der Waals surface area contributed by atoms with E-state index in [1.165, 1.54) is 6.20 Å². The number of nitrogens with one attached hydrogen (secondary N) is 1. The topological polar surface area (TPSA) is 90.0 Å². The van der Waals surface area contributed by atoms with Crippen molar-refractivity contribution in [2.24, 2.45) is 12.8 Å². The van der Waals surface area contributed by atoms with Crippen LogP contribution in [0.3, 0.4) is 0 Å². The highest BCUT2D eigenvalue weighted by atomic mass is 32.2. The fourth-order valence-corrected chi connectivity index (χ4v) is 3.73. The summed E-state index contributed by atoms with van der Waals surface area (Å²) in [6.45, 7) is 5.42. The molecule has 0 aliphatic carbocycles. The molecule has 1 aromatic rings. The Labute approximate surface area is 119 Å². The molecule has 1 aromatic heterocycles. The quantitative estimate of drug-likeness (QED) is 0.761. The molecule has 0 amide bonds. The summed E-state index contributed by atoms with van der Waals surface area (Å²) in [4.78, 5) is 4.17. The Hall–Kier alpha value is -0.990. The van der Waals surface area contributed by atoms with Crippen LogP contribution in [0.5, 0.6) is 0 Å². The fraction of sp³-hybridized carbons (Fsp3) is 0.636. The summed E-state index contributed by atoms with van der Waals surface area (Å²) in [5.41, 5.74) is 4.79. The molecule has 0 radical (unpaired) electrons. The molecular formula is C11H20N4O2S2. The summed E-state index contributed by atoms with van der Waals surface area (Å²) in [6.07, 6.45) is 2.45. The number of hydrogen-bond donors (Lipinski definition) is 2. The van der Waals surface area contributed by atoms with Gasteiger partial charge in [0.25, 0.3) is 10.0 Å². The van der Waals surface area contributed by atoms with Gasteiger partial charge in [0.15, 0.2) is 5.03 Å². The van der Waals surface area contributed by atoms with Crippen LogP contribution in [-0.2, 0) is 17.1 Å². The van der Waals surface area contributed by atoms with Crippen molar-refractivity contribution in [2.75, 3.05) is 0 Å². The molecule has 1 rings (SSSR count). The van der Waals surface area contributed by atoms with Gasteiger partial charge in [-0.05, 0) is 19.8 Å². The lowest BCUT2D eigenvalue weighted by Gasteiger charge is -2.30. The highest BCUT2D eigenvalue weighted by Gasteiger charge is 2.35. The second-order valence-corrected chi connectivity index (χ2v) is 6.57. The molecule has 0 aromatic carbocycles. The van der Waals surface area contributed by atoms with E-state index in [9.17, 15) is 8.42 Å². The van der Waals surface area contributed by atoms with Crippen LogP contribution in [0, 0.1) is 6.92 Å². The van der Waals surface area contributed by atoms with Gasteiger partial charge in [0, 0.05) is 13.2 Å². The third kappa shape index (κ3) is 3.13. The molecule has 1 heterocycles. The minimum absolute atomic E-state index is 0.0185. The zero-order valence-corrected chi connectivity index (χ0v) is 13.2. The summed E-state index contributed by atoms with van der Waals surface area (Å²) < 4.78 is 28.9. The van der Waals surface area contributed by atoms with Crippen LogP contribution in [0.15, 0.2) is 11.2 Å². The highest BCUT2D eigenvalue weighted by Crippen LogP contribution is 2.20. The molecule has 0 fully saturated rings. The number of aryl methyl sites for hydroxylation is 2. The van der Waals surface area contributed by atoms with Crippen LogP contribution < -0.4 is 10.5 Å². The van der Waals surface area contributed by atoms with Crippen molar-refractivity contribution in [3.63, 3.8) is 0 Å². The number of nitrogens with zero attached hydrogens (tertiary/aromatic N) is 2. The molecule has 0 bridgehead atoms. The molecule has 3 N–H and O–H groups in total. The van der Waals surface area contributed by atoms with Crippen molar-refractivity contribution in [3.8, 4) is 0 Å². The van der Waals surface area contributed by atoms with Crippen molar-refractivity contribution in [1.29, 1.82) is 0 Å². The summed E-state index contributed by atoms with van der Waals surface area (Å²) >= 11 is 5.00. The van der Waals surface area contributed by atoms with E-state index in [2.05, 4.69) is 9.71 Å². The minimum Gasteiger partial charge on any atom is -0.392 e. The van der Waals surface area contributed by atoms with E-state index < -0.39 is 15.6 Å². The van der Waals surface area contributed by atoms with Crippen LogP contribution in [-0.4, -0.2) is 28.5 Å². The normalized spacial score (nSPS) is 12.6. The molecule has 0 atom stereocenters. The first-order valence-corrected chi connectivity index (χ1v) is 7.91. The van der Waals surface area contributed by atoms with Gasteiger partial charge in [-0.15, -0.1) is 0 Å². The molecule has 19 heavy (non-hydrogen) atoms. The molecule has 0 saturated carbocycles. The first kappa shape index (κ1) is 16.1. The number of thiocarbonyl (C=S) groups is 1. The Morgan fingerprint density at radius 3 is 2.37 bits per heavy atom. The highest BCUT2D eigenvalue weighted by molar-refractivity contribution is 7.89. The summed E-state index contributed by atoms with van der Waals surface area (Å²) in [6, 6.07) is 0. The van der Waals surface area contributed by atoms with Gasteiger partial charge in [-0.1, -0.05) is 26.1 Å². The zero-order chi connectivity index (χ0) is 14.8. The van der Waals surface area contributed by atoms with Crippen molar-refractivity contribution < 1.29 is 8.42 Å². The van der Waals surface area contributed by atoms with Crippen molar-refractivity contribution in [1.82, 2.24) is 14.3 Å². The van der Waals surface area contributed by atoms with Gasteiger partial charge in [0.2, 0.25) is 0 Å². The molecule has 6 nitrogen and oxygen atoms in total. The summed E-state index contributed by atoms with van der Waals surface area (Å²) in [5, 5.41) is -0.0185. The number of nitrogens with two attached hydrogens (primary N) is 1. The lowest BCUT2D eigenvalue weighted by molar-refractivity contribution is 0.464. The maximum Gasteiger partial charge on any atom is 0.260 e. The smallest absolute Gasteiger partial charge is 0.260 e. The number of aromatic nitrogens is 2. The minimum atomic E-state index is -3.74. The van der Waals surface area contributed by atoms with E-state index in [-0.39, 0.29) is 10.0 Å². The van der Waals surface area contributed by atoms with Crippen LogP contribution in [0.4, 0.5) is 0 Å². The van der Waals surface area contributed by atoms with E-state index in [0.717, 1.165) is 0 Å². The maximum absolute atomic E-state index is 12.3. The Balaban J connectivity index is 3.18. The Morgan fingerprint density at radius 2 is 2.05 bits per heavy atom. The van der Waals surface area contributed by atoms with Crippen molar-refractivity contribution >= 4 is 27.2 Å². The fourth-order valence-electron chi connectivity index (χ4n) is 1.76. The van der Waals surface area contributed by atoms with Gasteiger partial charge >= 0.3 is 0 Å². The maximum atomic E-state index is 12.3. The van der Waals surface area contributed by atoms with Crippen LogP contribution in [0.25, 0.3) is 0 Å². The van der Waals surface area contributed by atoms with Gasteiger partial charge in [-0.2, -0.15) is 4.72 Å². The van der Waals surface area contributed by atoms with Gasteiger partial charge in [-0.25, -0.2) is 13.4 Å². The zero-order valence-electron chi connectivity index (χ0n) is 11.6. The average Bonchev–Trinajstić information content (AvgIpc) is 2.67. The van der Waals surface area contributed by atoms with E-state index in [1.807, 2.05) is 13.8 Å². The monoisotopic (exact) mass is 304 g/mol. The van der Waals surface area contributed by atoms with E-state index >= 15 is 0 Å². The average molecular weight is 304 g/mol. The Morgan fingerprint density at radius 1 is 1.53 bits per heavy atom. The Kier molecular flexibility index (Phi) is 4.70. The first-order chi connectivity index (χ1) is 8.68. The SMILES string of the molecule is CCC(CC)(NS(=O)(=O)c1cn(C)c(C)n1)C(N)=S. The van der Waals surface area contributed by atoms with Crippen molar-refractivity contribution in [3.05, 3.63) is 12.0 Å². The van der Waals surface area contributed by atoms with E-state index in [4.69, 9.17) is 18.0 Å². The number of rotatable bonds is 6. The van der Waals surface area contributed by atoms with Gasteiger partial charge in [-0.3, -0.25) is 0 Å². The predicted molar refractivity (Wildman–Crippen MR) is 78.4 cm³/mol. The van der Waals surface area contributed by atoms with Gasteiger partial charge < -0.3 is 10.3 Å². The van der Waals surface area contributed by atoms with Crippen LogP contribution >= 0.6 is 12.2 Å². The second-order valence-electron chi connectivity index (χ2n) is 4.50. The largest absolute Gasteiger partial charge is 0.392 e. The van der Waals surface area contributed by atoms with E-state index in [0.29, 0.717) is 18.7 Å². The first-order valence-electron chi connectivity index (χ1n) is 6.02. The Bertz CT molecular complexity index is 554. The molecular weight excluding hydrogens is 284 g/mol. The lowest BCUT2D eigenvalue weighted by atomic mass is 9.94. The summed E-state index contributed by atoms with van der Waals surface area (Å²) in [7, 11) is -2.00. The number of sulfonamides is 1. The van der Waals surface area contributed by atoms with E-state index in [1.54, 1.807) is 18.5 Å². The molecule has 8 heteroatoms. The molecule has 0 spiro atoms. The molecule has 0 unspecified atom stereocenters. The third-order valence-electron chi connectivity index (χ3n) is 3.37. The molecule has 108 valence electrons. The number of hydrogen-bond acceptors (Lipinski definition) is 4. The molecule has 0 aliphatic rings. The van der Waals surface area contributed by atoms with Crippen LogP contribution in [0.2, 0.25) is 0 Å². The summed E-state index contributed by atoms with van der Waals surface area (Å²) in [5.74, 6) is 0.620. The second kappa shape index (κ2) is 5.56. The van der Waals surface area contributed by atoms with Crippen LogP contribution in [0.1, 0.15) is 32.5 Å². The van der Waals surface area contributed by atoms with Gasteiger partial charge in [0.1, 0.15) is 5.82 Å². The van der Waals surface area contributed by atoms with Gasteiger partial charge in [0.05, 0.1) is 10.5 Å². The predicted octanol–water partition coefficient (Wildman–Crippen LogP) is 0.852. The number of imidazole rings is 1. The third-order valence-corrected chi connectivity index (χ3v) is 5.17. The lowest BCUT2D eigenvalue weighted by Crippen LogP contribution is -2.55. The molecule has 0 saturated heterocycles. The van der Waals surface area contributed by atoms with Crippen molar-refractivity contribution in [2.45, 2.75) is 44.2 Å². The molecule has 0 aliphatic heterocycles.